The van der Waals surface area contributed by atoms with Gasteiger partial charge in [-0.2, -0.15) is 0 Å². The molecule has 1 aliphatic heterocycles. The molecule has 1 amide bonds. The second kappa shape index (κ2) is 4.30. The lowest BCUT2D eigenvalue weighted by atomic mass is 10.2. The first-order valence-electron chi connectivity index (χ1n) is 5.23. The van der Waals surface area contributed by atoms with Gasteiger partial charge in [-0.15, -0.1) is 0 Å². The van der Waals surface area contributed by atoms with Crippen molar-refractivity contribution in [3.63, 3.8) is 0 Å². The van der Waals surface area contributed by atoms with Crippen molar-refractivity contribution in [1.82, 2.24) is 4.90 Å². The van der Waals surface area contributed by atoms with Gasteiger partial charge in [-0.25, -0.2) is 0 Å². The average molecular weight is 220 g/mol. The zero-order valence-corrected chi connectivity index (χ0v) is 8.93. The summed E-state index contributed by atoms with van der Waals surface area (Å²) in [6.45, 7) is 2.32. The van der Waals surface area contributed by atoms with Crippen LogP contribution >= 0.6 is 0 Å². The quantitative estimate of drug-likeness (QED) is 0.661. The molecule has 0 atom stereocenters. The topological polar surface area (TPSA) is 72.6 Å². The molecule has 2 rings (SSSR count). The average Bonchev–Trinajstić information content (AvgIpc) is 2.29. The Morgan fingerprint density at radius 2 is 1.94 bits per heavy atom. The van der Waals surface area contributed by atoms with E-state index >= 15 is 0 Å². The molecule has 5 nitrogen and oxygen atoms in total. The fraction of sp³-hybridized carbons (Fsp3) is 0.364. The molecule has 86 valence electrons. The van der Waals surface area contributed by atoms with Gasteiger partial charge in [-0.3, -0.25) is 0 Å². The minimum atomic E-state index is -1.09. The number of nitrogens with zero attached hydrogens (tertiary/aromatic N) is 2. The lowest BCUT2D eigenvalue weighted by molar-refractivity contribution is -0.265. The number of benzene rings is 1. The number of anilines is 2. The summed E-state index contributed by atoms with van der Waals surface area (Å²) < 4.78 is 0. The van der Waals surface area contributed by atoms with Gasteiger partial charge in [0.2, 0.25) is 0 Å². The second-order valence-corrected chi connectivity index (χ2v) is 3.83. The van der Waals surface area contributed by atoms with Gasteiger partial charge in [0.1, 0.15) is 6.09 Å². The third kappa shape index (κ3) is 2.18. The van der Waals surface area contributed by atoms with Crippen molar-refractivity contribution in [2.45, 2.75) is 0 Å². The van der Waals surface area contributed by atoms with Gasteiger partial charge in [-0.05, 0) is 18.2 Å². The molecule has 1 saturated heterocycles. The van der Waals surface area contributed by atoms with Crippen LogP contribution in [-0.4, -0.2) is 37.2 Å². The number of piperazine rings is 1. The molecular formula is C11H14N3O2-. The molecule has 0 radical (unpaired) electrons. The third-order valence-electron chi connectivity index (χ3n) is 2.77. The summed E-state index contributed by atoms with van der Waals surface area (Å²) in [6.07, 6.45) is -1.09. The predicted octanol–water partition coefficient (Wildman–Crippen LogP) is -0.266. The monoisotopic (exact) mass is 220 g/mol. The van der Waals surface area contributed by atoms with E-state index in [4.69, 9.17) is 5.73 Å². The third-order valence-corrected chi connectivity index (χ3v) is 2.77. The highest BCUT2D eigenvalue weighted by Crippen LogP contribution is 2.18. The highest BCUT2D eigenvalue weighted by atomic mass is 16.4. The number of amides is 1. The Hall–Kier alpha value is -1.91. The Labute approximate surface area is 94.1 Å². The van der Waals surface area contributed by atoms with Crippen LogP contribution in [0, 0.1) is 0 Å². The Morgan fingerprint density at radius 3 is 2.50 bits per heavy atom. The lowest BCUT2D eigenvalue weighted by Gasteiger charge is -2.37. The Morgan fingerprint density at radius 1 is 1.25 bits per heavy atom. The van der Waals surface area contributed by atoms with E-state index in [-0.39, 0.29) is 0 Å². The van der Waals surface area contributed by atoms with Crippen LogP contribution in [0.15, 0.2) is 24.3 Å². The summed E-state index contributed by atoms with van der Waals surface area (Å²) in [4.78, 5) is 14.1. The molecule has 0 bridgehead atoms. The molecule has 1 aromatic carbocycles. The summed E-state index contributed by atoms with van der Waals surface area (Å²) in [5.74, 6) is 0. The smallest absolute Gasteiger partial charge is 0.137 e. The molecule has 16 heavy (non-hydrogen) atoms. The van der Waals surface area contributed by atoms with Crippen molar-refractivity contribution in [2.24, 2.45) is 0 Å². The van der Waals surface area contributed by atoms with Crippen molar-refractivity contribution in [1.29, 1.82) is 0 Å². The summed E-state index contributed by atoms with van der Waals surface area (Å²) in [6, 6.07) is 7.61. The summed E-state index contributed by atoms with van der Waals surface area (Å²) in [5, 5.41) is 10.6. The summed E-state index contributed by atoms with van der Waals surface area (Å²) in [5.41, 5.74) is 7.46. The standard InChI is InChI=1S/C11H15N3O2/c12-9-2-1-3-10(8-9)13-4-6-14(7-5-13)11(15)16/h1-3,8H,4-7,12H2,(H,15,16)/p-1. The molecule has 2 N–H and O–H groups in total. The molecule has 1 aliphatic rings. The fourth-order valence-electron chi connectivity index (χ4n) is 1.87. The molecule has 1 aromatic rings. The van der Waals surface area contributed by atoms with Crippen LogP contribution in [0.2, 0.25) is 0 Å². The van der Waals surface area contributed by atoms with Crippen LogP contribution in [0.4, 0.5) is 16.2 Å². The normalized spacial score (nSPS) is 16.2. The van der Waals surface area contributed by atoms with E-state index in [9.17, 15) is 9.90 Å². The van der Waals surface area contributed by atoms with Gasteiger partial charge in [-0.1, -0.05) is 6.07 Å². The maximum Gasteiger partial charge on any atom is 0.137 e. The van der Waals surface area contributed by atoms with Gasteiger partial charge in [0.05, 0.1) is 0 Å². The Kier molecular flexibility index (Phi) is 2.85. The molecule has 0 aromatic heterocycles. The second-order valence-electron chi connectivity index (χ2n) is 3.83. The number of carbonyl (C=O) groups is 1. The van der Waals surface area contributed by atoms with Crippen LogP contribution in [0.25, 0.3) is 0 Å². The molecule has 0 aliphatic carbocycles. The van der Waals surface area contributed by atoms with E-state index in [2.05, 4.69) is 4.90 Å². The van der Waals surface area contributed by atoms with Crippen molar-refractivity contribution >= 4 is 17.5 Å². The van der Waals surface area contributed by atoms with E-state index < -0.39 is 6.09 Å². The highest BCUT2D eigenvalue weighted by Gasteiger charge is 2.16. The molecule has 1 heterocycles. The lowest BCUT2D eigenvalue weighted by Crippen LogP contribution is -2.52. The fourth-order valence-corrected chi connectivity index (χ4v) is 1.87. The molecule has 5 heteroatoms. The molecule has 1 fully saturated rings. The van der Waals surface area contributed by atoms with Crippen molar-refractivity contribution in [3.8, 4) is 0 Å². The van der Waals surface area contributed by atoms with Crippen LogP contribution in [-0.2, 0) is 0 Å². The summed E-state index contributed by atoms with van der Waals surface area (Å²) in [7, 11) is 0. The van der Waals surface area contributed by atoms with Crippen LogP contribution in [0.3, 0.4) is 0 Å². The van der Waals surface area contributed by atoms with Gasteiger partial charge in [0.25, 0.3) is 0 Å². The predicted molar refractivity (Wildman–Crippen MR) is 60.0 cm³/mol. The van der Waals surface area contributed by atoms with E-state index in [0.29, 0.717) is 26.2 Å². The number of rotatable bonds is 1. The van der Waals surface area contributed by atoms with E-state index in [1.165, 1.54) is 4.90 Å². The highest BCUT2D eigenvalue weighted by molar-refractivity contribution is 5.63. The summed E-state index contributed by atoms with van der Waals surface area (Å²) >= 11 is 0. The van der Waals surface area contributed by atoms with E-state index in [1.807, 2.05) is 24.3 Å². The first-order chi connectivity index (χ1) is 7.66. The Bertz CT molecular complexity index is 387. The van der Waals surface area contributed by atoms with Crippen LogP contribution in [0.1, 0.15) is 0 Å². The van der Waals surface area contributed by atoms with Crippen LogP contribution < -0.4 is 15.7 Å². The Balaban J connectivity index is 2.01. The number of nitrogen functional groups attached to an aromatic ring is 1. The van der Waals surface area contributed by atoms with E-state index in [0.717, 1.165) is 11.4 Å². The van der Waals surface area contributed by atoms with E-state index in [1.54, 1.807) is 0 Å². The largest absolute Gasteiger partial charge is 0.530 e. The number of hydrogen-bond acceptors (Lipinski definition) is 4. The zero-order valence-electron chi connectivity index (χ0n) is 8.93. The minimum Gasteiger partial charge on any atom is -0.530 e. The maximum absolute atomic E-state index is 10.6. The first-order valence-corrected chi connectivity index (χ1v) is 5.23. The zero-order chi connectivity index (χ0) is 11.5. The van der Waals surface area contributed by atoms with Crippen molar-refractivity contribution in [2.75, 3.05) is 36.8 Å². The first kappa shape index (κ1) is 10.6. The van der Waals surface area contributed by atoms with Gasteiger partial charge in [0, 0.05) is 37.6 Å². The number of carboxylic acid groups (broad SMARTS) is 1. The van der Waals surface area contributed by atoms with Crippen molar-refractivity contribution in [3.05, 3.63) is 24.3 Å². The number of nitrogens with two attached hydrogens (primary N) is 1. The molecular weight excluding hydrogens is 206 g/mol. The molecule has 0 saturated carbocycles. The molecule has 0 unspecified atom stereocenters. The molecule has 0 spiro atoms. The SMILES string of the molecule is Nc1cccc(N2CCN(C(=O)[O-])CC2)c1. The van der Waals surface area contributed by atoms with Gasteiger partial charge >= 0.3 is 0 Å². The van der Waals surface area contributed by atoms with Crippen molar-refractivity contribution < 1.29 is 9.90 Å². The maximum atomic E-state index is 10.6. The van der Waals surface area contributed by atoms with Crippen LogP contribution in [0.5, 0.6) is 0 Å². The number of carbonyl (C=O) groups excluding carboxylic acids is 1. The minimum absolute atomic E-state index is 0.483. The van der Waals surface area contributed by atoms with Gasteiger partial charge in [0.15, 0.2) is 0 Å². The number of hydrogen-bond donors (Lipinski definition) is 1. The van der Waals surface area contributed by atoms with Gasteiger partial charge < -0.3 is 25.4 Å².